The molecule has 22 heavy (non-hydrogen) atoms. The van der Waals surface area contributed by atoms with Gasteiger partial charge in [0.1, 0.15) is 0 Å². The first-order valence-electron chi connectivity index (χ1n) is 8.43. The summed E-state index contributed by atoms with van der Waals surface area (Å²) < 4.78 is 0. The van der Waals surface area contributed by atoms with E-state index in [0.717, 1.165) is 31.7 Å². The molecule has 6 heteroatoms. The van der Waals surface area contributed by atoms with Crippen molar-refractivity contribution in [3.63, 3.8) is 0 Å². The van der Waals surface area contributed by atoms with Crippen molar-refractivity contribution in [3.05, 3.63) is 17.8 Å². The van der Waals surface area contributed by atoms with Crippen molar-refractivity contribution in [1.82, 2.24) is 20.8 Å². The minimum atomic E-state index is -0.0910. The van der Waals surface area contributed by atoms with Crippen LogP contribution in [-0.4, -0.2) is 47.3 Å². The minimum Gasteiger partial charge on any atom is -0.355 e. The third-order valence-electron chi connectivity index (χ3n) is 5.12. The van der Waals surface area contributed by atoms with Crippen molar-refractivity contribution in [2.45, 2.75) is 56.7 Å². The predicted molar refractivity (Wildman–Crippen MR) is 83.9 cm³/mol. The SMILES string of the molecule is O=C(NC1CC2CCC(C1)N2)c1ccc(N2CCCC2)nn1. The first-order chi connectivity index (χ1) is 10.8. The summed E-state index contributed by atoms with van der Waals surface area (Å²) in [5, 5.41) is 15.1. The van der Waals surface area contributed by atoms with Gasteiger partial charge >= 0.3 is 0 Å². The zero-order chi connectivity index (χ0) is 14.9. The Balaban J connectivity index is 1.37. The molecule has 0 aromatic carbocycles. The molecule has 118 valence electrons. The molecule has 0 aliphatic carbocycles. The van der Waals surface area contributed by atoms with Crippen LogP contribution >= 0.6 is 0 Å². The summed E-state index contributed by atoms with van der Waals surface area (Å²) >= 11 is 0. The topological polar surface area (TPSA) is 70.2 Å². The first-order valence-corrected chi connectivity index (χ1v) is 8.43. The van der Waals surface area contributed by atoms with Crippen LogP contribution in [0.25, 0.3) is 0 Å². The van der Waals surface area contributed by atoms with Crippen LogP contribution in [0.3, 0.4) is 0 Å². The van der Waals surface area contributed by atoms with E-state index in [4.69, 9.17) is 0 Å². The van der Waals surface area contributed by atoms with Gasteiger partial charge in [0.05, 0.1) is 0 Å². The average molecular weight is 301 g/mol. The zero-order valence-corrected chi connectivity index (χ0v) is 12.8. The molecule has 4 rings (SSSR count). The number of hydrogen-bond donors (Lipinski definition) is 2. The van der Waals surface area contributed by atoms with Gasteiger partial charge < -0.3 is 15.5 Å². The van der Waals surface area contributed by atoms with Crippen LogP contribution < -0.4 is 15.5 Å². The molecule has 1 amide bonds. The number of nitrogens with one attached hydrogen (secondary N) is 2. The molecule has 0 spiro atoms. The Morgan fingerprint density at radius 3 is 2.50 bits per heavy atom. The van der Waals surface area contributed by atoms with E-state index in [1.54, 1.807) is 6.07 Å². The van der Waals surface area contributed by atoms with Crippen molar-refractivity contribution in [3.8, 4) is 0 Å². The maximum Gasteiger partial charge on any atom is 0.272 e. The number of rotatable bonds is 3. The number of anilines is 1. The highest BCUT2D eigenvalue weighted by molar-refractivity contribution is 5.92. The molecule has 4 heterocycles. The quantitative estimate of drug-likeness (QED) is 0.874. The fourth-order valence-electron chi connectivity index (χ4n) is 4.00. The van der Waals surface area contributed by atoms with Crippen LogP contribution in [0.1, 0.15) is 49.0 Å². The van der Waals surface area contributed by atoms with Gasteiger partial charge in [-0.05, 0) is 50.7 Å². The molecule has 1 aromatic rings. The van der Waals surface area contributed by atoms with Gasteiger partial charge in [0.25, 0.3) is 5.91 Å². The van der Waals surface area contributed by atoms with E-state index in [9.17, 15) is 4.79 Å². The van der Waals surface area contributed by atoms with Gasteiger partial charge in [0, 0.05) is 31.2 Å². The lowest BCUT2D eigenvalue weighted by Gasteiger charge is -2.29. The Bertz CT molecular complexity index is 528. The second-order valence-electron chi connectivity index (χ2n) is 6.75. The number of piperidine rings is 1. The van der Waals surface area contributed by atoms with E-state index in [-0.39, 0.29) is 11.9 Å². The molecule has 1 aromatic heterocycles. The van der Waals surface area contributed by atoms with Gasteiger partial charge in [0.15, 0.2) is 11.5 Å². The highest BCUT2D eigenvalue weighted by Crippen LogP contribution is 2.26. The summed E-state index contributed by atoms with van der Waals surface area (Å²) in [5.41, 5.74) is 0.425. The third-order valence-corrected chi connectivity index (χ3v) is 5.12. The fraction of sp³-hybridized carbons (Fsp3) is 0.688. The number of fused-ring (bicyclic) bond motifs is 2. The molecule has 3 fully saturated rings. The van der Waals surface area contributed by atoms with E-state index >= 15 is 0 Å². The monoisotopic (exact) mass is 301 g/mol. The number of nitrogens with zero attached hydrogens (tertiary/aromatic N) is 3. The number of hydrogen-bond acceptors (Lipinski definition) is 5. The van der Waals surface area contributed by atoms with Crippen molar-refractivity contribution in [2.24, 2.45) is 0 Å². The van der Waals surface area contributed by atoms with Crippen LogP contribution in [-0.2, 0) is 0 Å². The van der Waals surface area contributed by atoms with Gasteiger partial charge in [-0.2, -0.15) is 0 Å². The summed E-state index contributed by atoms with van der Waals surface area (Å²) in [5.74, 6) is 0.792. The number of amides is 1. The molecule has 0 radical (unpaired) electrons. The summed E-state index contributed by atoms with van der Waals surface area (Å²) in [7, 11) is 0. The Morgan fingerprint density at radius 2 is 1.86 bits per heavy atom. The van der Waals surface area contributed by atoms with E-state index in [1.165, 1.54) is 25.7 Å². The molecule has 3 saturated heterocycles. The molecule has 3 aliphatic heterocycles. The largest absolute Gasteiger partial charge is 0.355 e. The number of aromatic nitrogens is 2. The standard InChI is InChI=1S/C16H23N5O/c22-16(18-13-9-11-3-4-12(10-13)17-11)14-5-6-15(20-19-14)21-7-1-2-8-21/h5-6,11-13,17H,1-4,7-10H2,(H,18,22). The highest BCUT2D eigenvalue weighted by Gasteiger charge is 2.34. The predicted octanol–water partition coefficient (Wildman–Crippen LogP) is 1.09. The second-order valence-corrected chi connectivity index (χ2v) is 6.75. The van der Waals surface area contributed by atoms with Crippen LogP contribution in [0.4, 0.5) is 5.82 Å². The highest BCUT2D eigenvalue weighted by atomic mass is 16.2. The molecular weight excluding hydrogens is 278 g/mol. The molecule has 2 N–H and O–H groups in total. The van der Waals surface area contributed by atoms with Crippen LogP contribution in [0.5, 0.6) is 0 Å². The summed E-state index contributed by atoms with van der Waals surface area (Å²) in [6.45, 7) is 2.08. The Labute approximate surface area is 130 Å². The molecule has 2 atom stereocenters. The van der Waals surface area contributed by atoms with Crippen molar-refractivity contribution in [2.75, 3.05) is 18.0 Å². The first kappa shape index (κ1) is 13.9. The lowest BCUT2D eigenvalue weighted by molar-refractivity contribution is 0.0918. The molecule has 6 nitrogen and oxygen atoms in total. The Kier molecular flexibility index (Phi) is 3.70. The van der Waals surface area contributed by atoms with E-state index < -0.39 is 0 Å². The van der Waals surface area contributed by atoms with Gasteiger partial charge in [-0.1, -0.05) is 0 Å². The lowest BCUT2D eigenvalue weighted by Crippen LogP contribution is -2.48. The van der Waals surface area contributed by atoms with Gasteiger partial charge in [0.2, 0.25) is 0 Å². The minimum absolute atomic E-state index is 0.0910. The zero-order valence-electron chi connectivity index (χ0n) is 12.8. The van der Waals surface area contributed by atoms with E-state index in [2.05, 4.69) is 25.7 Å². The third kappa shape index (κ3) is 2.79. The van der Waals surface area contributed by atoms with Gasteiger partial charge in [-0.25, -0.2) is 0 Å². The van der Waals surface area contributed by atoms with Crippen LogP contribution in [0.2, 0.25) is 0 Å². The second kappa shape index (κ2) is 5.83. The molecular formula is C16H23N5O. The van der Waals surface area contributed by atoms with Gasteiger partial charge in [-0.15, -0.1) is 10.2 Å². The van der Waals surface area contributed by atoms with Crippen LogP contribution in [0.15, 0.2) is 12.1 Å². The molecule has 2 bridgehead atoms. The summed E-state index contributed by atoms with van der Waals surface area (Å²) in [4.78, 5) is 14.6. The smallest absolute Gasteiger partial charge is 0.272 e. The maximum absolute atomic E-state index is 12.3. The number of carbonyl (C=O) groups is 1. The molecule has 0 saturated carbocycles. The van der Waals surface area contributed by atoms with Gasteiger partial charge in [-0.3, -0.25) is 4.79 Å². The number of carbonyl (C=O) groups excluding carboxylic acids is 1. The van der Waals surface area contributed by atoms with Crippen LogP contribution in [0, 0.1) is 0 Å². The van der Waals surface area contributed by atoms with Crippen molar-refractivity contribution >= 4 is 11.7 Å². The van der Waals surface area contributed by atoms with E-state index in [1.807, 2.05) is 6.07 Å². The van der Waals surface area contributed by atoms with Crippen molar-refractivity contribution in [1.29, 1.82) is 0 Å². The fourth-order valence-corrected chi connectivity index (χ4v) is 4.00. The maximum atomic E-state index is 12.3. The average Bonchev–Trinajstić information content (AvgIpc) is 3.17. The normalized spacial score (nSPS) is 30.5. The Morgan fingerprint density at radius 1 is 1.14 bits per heavy atom. The molecule has 2 unspecified atom stereocenters. The molecule has 3 aliphatic rings. The van der Waals surface area contributed by atoms with E-state index in [0.29, 0.717) is 17.8 Å². The van der Waals surface area contributed by atoms with Crippen molar-refractivity contribution < 1.29 is 4.79 Å². The lowest BCUT2D eigenvalue weighted by atomic mass is 10.00. The summed E-state index contributed by atoms with van der Waals surface area (Å²) in [6, 6.07) is 5.14. The summed E-state index contributed by atoms with van der Waals surface area (Å²) in [6.07, 6.45) is 6.95. The Hall–Kier alpha value is -1.69.